The summed E-state index contributed by atoms with van der Waals surface area (Å²) in [6.45, 7) is 10.3. The van der Waals surface area contributed by atoms with Crippen molar-refractivity contribution >= 4 is 22.8 Å². The van der Waals surface area contributed by atoms with E-state index < -0.39 is 0 Å². The highest BCUT2D eigenvalue weighted by Gasteiger charge is 2.17. The Kier molecular flexibility index (Phi) is 6.69. The number of pyridine rings is 1. The summed E-state index contributed by atoms with van der Waals surface area (Å²) >= 11 is 6.38. The Hall–Kier alpha value is -2.38. The van der Waals surface area contributed by atoms with E-state index in [0.29, 0.717) is 10.8 Å². The van der Waals surface area contributed by atoms with Gasteiger partial charge in [0.1, 0.15) is 11.4 Å². The third-order valence-electron chi connectivity index (χ3n) is 6.74. The second-order valence-electron chi connectivity index (χ2n) is 8.84. The maximum atomic E-state index is 6.38. The van der Waals surface area contributed by atoms with Crippen LogP contribution in [0.5, 0.6) is 5.75 Å². The van der Waals surface area contributed by atoms with Crippen LogP contribution in [0.1, 0.15) is 17.5 Å². The molecule has 0 amide bonds. The first-order chi connectivity index (χ1) is 16.1. The number of nitrogens with zero attached hydrogens (tertiary/aromatic N) is 4. The summed E-state index contributed by atoms with van der Waals surface area (Å²) < 4.78 is 12.9. The number of hydrogen-bond acceptors (Lipinski definition) is 5. The van der Waals surface area contributed by atoms with Crippen LogP contribution >= 0.6 is 11.6 Å². The maximum absolute atomic E-state index is 6.38. The van der Waals surface area contributed by atoms with Crippen LogP contribution in [0.2, 0.25) is 5.02 Å². The molecule has 2 aromatic heterocycles. The molecule has 5 rings (SSSR count). The second-order valence-corrected chi connectivity index (χ2v) is 9.25. The number of halogens is 1. The van der Waals surface area contributed by atoms with Gasteiger partial charge in [0.05, 0.1) is 31.0 Å². The van der Waals surface area contributed by atoms with E-state index in [1.807, 2.05) is 12.1 Å². The molecule has 1 saturated heterocycles. The molecule has 33 heavy (non-hydrogen) atoms. The number of morpholine rings is 1. The fraction of sp³-hybridized carbons (Fsp3) is 0.423. The van der Waals surface area contributed by atoms with Crippen molar-refractivity contribution in [3.8, 4) is 17.0 Å². The molecule has 0 N–H and O–H groups in total. The predicted octanol–water partition coefficient (Wildman–Crippen LogP) is 4.39. The maximum Gasteiger partial charge on any atom is 0.138 e. The van der Waals surface area contributed by atoms with Gasteiger partial charge in [0.2, 0.25) is 0 Å². The Bertz CT molecular complexity index is 1170. The number of imidazole rings is 1. The van der Waals surface area contributed by atoms with Crippen LogP contribution in [-0.4, -0.2) is 78.8 Å². The molecule has 0 bridgehead atoms. The minimum atomic E-state index is 0.599. The molecule has 0 spiro atoms. The molecule has 0 unspecified atom stereocenters. The molecule has 7 heteroatoms. The van der Waals surface area contributed by atoms with Crippen LogP contribution in [0.25, 0.3) is 22.5 Å². The fourth-order valence-electron chi connectivity index (χ4n) is 4.68. The second kappa shape index (κ2) is 9.85. The zero-order chi connectivity index (χ0) is 22.8. The quantitative estimate of drug-likeness (QED) is 0.539. The molecular weight excluding hydrogens is 436 g/mol. The first-order valence-corrected chi connectivity index (χ1v) is 12.0. The molecule has 0 atom stereocenters. The van der Waals surface area contributed by atoms with Crippen LogP contribution in [0.4, 0.5) is 0 Å². The van der Waals surface area contributed by atoms with Crippen LogP contribution < -0.4 is 4.74 Å². The number of methoxy groups -OCH3 is 1. The van der Waals surface area contributed by atoms with Crippen molar-refractivity contribution in [3.63, 3.8) is 0 Å². The summed E-state index contributed by atoms with van der Waals surface area (Å²) in [5, 5.41) is 0.599. The van der Waals surface area contributed by atoms with E-state index in [-0.39, 0.29) is 0 Å². The van der Waals surface area contributed by atoms with E-state index >= 15 is 0 Å². The Morgan fingerprint density at radius 2 is 1.91 bits per heavy atom. The van der Waals surface area contributed by atoms with Gasteiger partial charge in [-0.15, -0.1) is 0 Å². The third kappa shape index (κ3) is 4.94. The summed E-state index contributed by atoms with van der Waals surface area (Å²) in [5.74, 6) is 0.687. The molecule has 6 nitrogen and oxygen atoms in total. The molecule has 1 fully saturated rings. The van der Waals surface area contributed by atoms with Crippen molar-refractivity contribution in [2.45, 2.75) is 13.3 Å². The van der Waals surface area contributed by atoms with Gasteiger partial charge in [-0.3, -0.25) is 9.80 Å². The van der Waals surface area contributed by atoms with E-state index in [0.717, 1.165) is 81.4 Å². The fourth-order valence-corrected chi connectivity index (χ4v) is 4.92. The summed E-state index contributed by atoms with van der Waals surface area (Å²) in [7, 11) is 1.63. The molecule has 0 saturated carbocycles. The summed E-state index contributed by atoms with van der Waals surface area (Å²) in [4.78, 5) is 9.95. The first kappa shape index (κ1) is 22.4. The highest BCUT2D eigenvalue weighted by atomic mass is 35.5. The minimum absolute atomic E-state index is 0.599. The Morgan fingerprint density at radius 1 is 1.09 bits per heavy atom. The van der Waals surface area contributed by atoms with Crippen molar-refractivity contribution in [2.75, 3.05) is 59.6 Å². The summed E-state index contributed by atoms with van der Waals surface area (Å²) in [6, 6.07) is 8.29. The number of benzene rings is 1. The highest BCUT2D eigenvalue weighted by Crippen LogP contribution is 2.33. The van der Waals surface area contributed by atoms with Crippen molar-refractivity contribution in [1.29, 1.82) is 0 Å². The van der Waals surface area contributed by atoms with Gasteiger partial charge in [0.25, 0.3) is 0 Å². The van der Waals surface area contributed by atoms with Gasteiger partial charge >= 0.3 is 0 Å². The van der Waals surface area contributed by atoms with Gasteiger partial charge in [-0.2, -0.15) is 0 Å². The normalized spacial score (nSPS) is 18.0. The molecule has 2 aliphatic rings. The third-order valence-corrected chi connectivity index (χ3v) is 7.03. The predicted molar refractivity (Wildman–Crippen MR) is 133 cm³/mol. The largest absolute Gasteiger partial charge is 0.495 e. The summed E-state index contributed by atoms with van der Waals surface area (Å²) in [6.07, 6.45) is 7.62. The lowest BCUT2D eigenvalue weighted by molar-refractivity contribution is 0.0338. The van der Waals surface area contributed by atoms with E-state index in [9.17, 15) is 0 Å². The molecule has 4 heterocycles. The lowest BCUT2D eigenvalue weighted by Crippen LogP contribution is -2.42. The van der Waals surface area contributed by atoms with Crippen LogP contribution in [0.15, 0.2) is 42.7 Å². The number of ether oxygens (including phenoxy) is 2. The topological polar surface area (TPSA) is 42.2 Å². The average molecular weight is 467 g/mol. The van der Waals surface area contributed by atoms with Crippen molar-refractivity contribution in [3.05, 3.63) is 58.9 Å². The average Bonchev–Trinajstić information content (AvgIpc) is 3.28. The van der Waals surface area contributed by atoms with Gasteiger partial charge in [-0.1, -0.05) is 17.7 Å². The van der Waals surface area contributed by atoms with Crippen LogP contribution in [-0.2, 0) is 4.74 Å². The number of fused-ring (bicyclic) bond motifs is 1. The molecular formula is C26H31ClN4O2. The first-order valence-electron chi connectivity index (χ1n) is 11.7. The smallest absolute Gasteiger partial charge is 0.138 e. The zero-order valence-electron chi connectivity index (χ0n) is 19.4. The van der Waals surface area contributed by atoms with E-state index in [1.54, 1.807) is 7.11 Å². The lowest BCUT2D eigenvalue weighted by Gasteiger charge is -2.31. The molecule has 1 aromatic carbocycles. The Morgan fingerprint density at radius 3 is 2.67 bits per heavy atom. The van der Waals surface area contributed by atoms with E-state index in [4.69, 9.17) is 26.1 Å². The van der Waals surface area contributed by atoms with E-state index in [1.165, 1.54) is 11.1 Å². The molecule has 3 aromatic rings. The van der Waals surface area contributed by atoms with E-state index in [2.05, 4.69) is 51.7 Å². The minimum Gasteiger partial charge on any atom is -0.495 e. The Balaban J connectivity index is 1.29. The van der Waals surface area contributed by atoms with Crippen LogP contribution in [0, 0.1) is 6.92 Å². The molecule has 2 aliphatic heterocycles. The Labute approximate surface area is 200 Å². The van der Waals surface area contributed by atoms with Gasteiger partial charge in [0.15, 0.2) is 0 Å². The van der Waals surface area contributed by atoms with Crippen LogP contribution in [0.3, 0.4) is 0 Å². The SMILES string of the molecule is COc1cc(C)c(-c2cn3ccc(C4=CCN(CCN5CCOCC5)CC4)cc3n2)cc1Cl. The number of rotatable bonds is 6. The van der Waals surface area contributed by atoms with Gasteiger partial charge in [0, 0.05) is 57.2 Å². The molecule has 0 aliphatic carbocycles. The van der Waals surface area contributed by atoms with Crippen molar-refractivity contribution in [1.82, 2.24) is 19.2 Å². The number of aromatic nitrogens is 2. The highest BCUT2D eigenvalue weighted by molar-refractivity contribution is 6.32. The monoisotopic (exact) mass is 466 g/mol. The zero-order valence-corrected chi connectivity index (χ0v) is 20.1. The van der Waals surface area contributed by atoms with Crippen molar-refractivity contribution in [2.24, 2.45) is 0 Å². The van der Waals surface area contributed by atoms with Gasteiger partial charge in [-0.25, -0.2) is 4.98 Å². The number of aryl methyl sites for hydroxylation is 1. The standard InChI is InChI=1S/C26H31ClN4O2/c1-19-15-25(32-2)23(27)17-22(19)24-18-31-8-5-21(16-26(31)28-24)20-3-6-29(7-4-20)9-10-30-11-13-33-14-12-30/h3,5,8,15-18H,4,6-7,9-14H2,1-2H3. The van der Waals surface area contributed by atoms with Gasteiger partial charge in [-0.05, 0) is 54.3 Å². The lowest BCUT2D eigenvalue weighted by atomic mass is 10.0. The summed E-state index contributed by atoms with van der Waals surface area (Å²) in [5.41, 5.74) is 6.65. The molecule has 174 valence electrons. The van der Waals surface area contributed by atoms with Crippen molar-refractivity contribution < 1.29 is 9.47 Å². The van der Waals surface area contributed by atoms with Gasteiger partial charge < -0.3 is 13.9 Å². The number of hydrogen-bond donors (Lipinski definition) is 0. The molecule has 0 radical (unpaired) electrons.